The van der Waals surface area contributed by atoms with Gasteiger partial charge in [-0.15, -0.1) is 0 Å². The van der Waals surface area contributed by atoms with Gasteiger partial charge in [0.25, 0.3) is 0 Å². The molecule has 192 valence electrons. The van der Waals surface area contributed by atoms with Gasteiger partial charge in [-0.3, -0.25) is 0 Å². The maximum Gasteiger partial charge on any atom is 0.159 e. The van der Waals surface area contributed by atoms with Crippen LogP contribution in [0, 0.1) is 35.2 Å². The molecule has 0 bridgehead atoms. The third-order valence-corrected chi connectivity index (χ3v) is 5.32. The zero-order chi connectivity index (χ0) is 26.5. The molecular weight excluding hydrogens is 488 g/mol. The van der Waals surface area contributed by atoms with Gasteiger partial charge in [0.2, 0.25) is 0 Å². The van der Waals surface area contributed by atoms with Crippen LogP contribution in [0.1, 0.15) is 58.2 Å². The summed E-state index contributed by atoms with van der Waals surface area (Å²) in [7, 11) is 0. The van der Waals surface area contributed by atoms with Crippen molar-refractivity contribution in [2.45, 2.75) is 60.8 Å². The fourth-order valence-electron chi connectivity index (χ4n) is 3.36. The maximum absolute atomic E-state index is 13.1. The highest BCUT2D eigenvalue weighted by Crippen LogP contribution is 2.17. The molecule has 0 fully saturated rings. The first-order valence-electron chi connectivity index (χ1n) is 12.0. The van der Waals surface area contributed by atoms with Crippen LogP contribution in [0.4, 0.5) is 13.2 Å². The second kappa shape index (κ2) is 15.9. The van der Waals surface area contributed by atoms with Gasteiger partial charge in [-0.05, 0) is 90.1 Å². The van der Waals surface area contributed by atoms with Gasteiger partial charge in [0.1, 0.15) is 5.82 Å². The van der Waals surface area contributed by atoms with Crippen molar-refractivity contribution in [1.29, 1.82) is 0 Å². The predicted octanol–water partition coefficient (Wildman–Crippen LogP) is 10.4. The zero-order valence-corrected chi connectivity index (χ0v) is 23.0. The molecule has 0 aliphatic heterocycles. The lowest BCUT2D eigenvalue weighted by Crippen LogP contribution is -1.96. The largest absolute Gasteiger partial charge is 0.207 e. The molecule has 0 heterocycles. The van der Waals surface area contributed by atoms with Crippen molar-refractivity contribution in [2.24, 2.45) is 17.8 Å². The quantitative estimate of drug-likeness (QED) is 0.300. The average Bonchev–Trinajstić information content (AvgIpc) is 2.75. The molecule has 3 aromatic rings. The molecule has 35 heavy (non-hydrogen) atoms. The van der Waals surface area contributed by atoms with Crippen LogP contribution >= 0.6 is 23.2 Å². The molecule has 5 heteroatoms. The Bertz CT molecular complexity index is 1010. The molecule has 0 nitrogen and oxygen atoms in total. The Labute approximate surface area is 219 Å². The van der Waals surface area contributed by atoms with Crippen LogP contribution in [0.5, 0.6) is 0 Å². The van der Waals surface area contributed by atoms with Crippen LogP contribution in [-0.2, 0) is 19.3 Å². The first-order valence-corrected chi connectivity index (χ1v) is 12.7. The van der Waals surface area contributed by atoms with E-state index in [0.717, 1.165) is 41.3 Å². The summed E-state index contributed by atoms with van der Waals surface area (Å²) in [5, 5.41) is 1.28. The van der Waals surface area contributed by atoms with Crippen molar-refractivity contribution in [1.82, 2.24) is 0 Å². The zero-order valence-electron chi connectivity index (χ0n) is 21.5. The third-order valence-electron chi connectivity index (χ3n) is 4.83. The molecule has 0 radical (unpaired) electrons. The van der Waals surface area contributed by atoms with Crippen LogP contribution in [0.25, 0.3) is 0 Å². The molecule has 0 unspecified atom stereocenters. The monoisotopic (exact) mass is 524 g/mol. The summed E-state index contributed by atoms with van der Waals surface area (Å²) in [5.74, 6) is -0.0708. The van der Waals surface area contributed by atoms with Gasteiger partial charge in [0, 0.05) is 10.0 Å². The third kappa shape index (κ3) is 13.6. The highest BCUT2D eigenvalue weighted by Gasteiger charge is 2.05. The van der Waals surface area contributed by atoms with Crippen LogP contribution in [0.15, 0.2) is 60.7 Å². The maximum atomic E-state index is 13.1. The Morgan fingerprint density at radius 3 is 1.49 bits per heavy atom. The van der Waals surface area contributed by atoms with Crippen LogP contribution in [-0.4, -0.2) is 0 Å². The van der Waals surface area contributed by atoms with E-state index in [0.29, 0.717) is 16.9 Å². The molecule has 0 atom stereocenters. The Morgan fingerprint density at radius 2 is 1.00 bits per heavy atom. The van der Waals surface area contributed by atoms with E-state index in [1.807, 2.05) is 26.0 Å². The molecule has 3 rings (SSSR count). The van der Waals surface area contributed by atoms with E-state index in [1.165, 1.54) is 23.8 Å². The predicted molar refractivity (Wildman–Crippen MR) is 145 cm³/mol. The Balaban J connectivity index is 0.000000263. The highest BCUT2D eigenvalue weighted by molar-refractivity contribution is 6.30. The van der Waals surface area contributed by atoms with E-state index < -0.39 is 11.6 Å². The fourth-order valence-corrected chi connectivity index (χ4v) is 3.64. The van der Waals surface area contributed by atoms with Gasteiger partial charge in [-0.25, -0.2) is 13.2 Å². The van der Waals surface area contributed by atoms with Crippen molar-refractivity contribution in [2.75, 3.05) is 0 Å². The molecule has 0 saturated carbocycles. The van der Waals surface area contributed by atoms with E-state index in [-0.39, 0.29) is 5.82 Å². The molecule has 0 spiro atoms. The second-order valence-corrected chi connectivity index (χ2v) is 10.8. The summed E-state index contributed by atoms with van der Waals surface area (Å²) < 4.78 is 38.2. The van der Waals surface area contributed by atoms with Crippen molar-refractivity contribution < 1.29 is 13.2 Å². The van der Waals surface area contributed by atoms with Crippen molar-refractivity contribution in [3.05, 3.63) is 105 Å². The van der Waals surface area contributed by atoms with Crippen LogP contribution < -0.4 is 0 Å². The topological polar surface area (TPSA) is 0 Å². The number of hydrogen-bond donors (Lipinski definition) is 0. The lowest BCUT2D eigenvalue weighted by atomic mass is 10.0. The lowest BCUT2D eigenvalue weighted by Gasteiger charge is -2.05. The minimum Gasteiger partial charge on any atom is -0.207 e. The Hall–Kier alpha value is -1.97. The van der Waals surface area contributed by atoms with Gasteiger partial charge >= 0.3 is 0 Å². The standard InChI is InChI=1S/C10H12ClF.C10H13Cl.C10H12F2/c1-7(2)5-8-3-4-9(11)6-10(8)12;1-8(2)7-9-3-5-10(11)6-4-9;1-7(2)5-8-3-4-9(11)10(12)6-8/h3-4,6-7H,5H2,1-2H3;3-6,8H,7H2,1-2H3;3-4,6-7H,5H2,1-2H3. The van der Waals surface area contributed by atoms with Gasteiger partial charge in [-0.1, -0.05) is 89.0 Å². The highest BCUT2D eigenvalue weighted by atomic mass is 35.5. The van der Waals surface area contributed by atoms with Crippen molar-refractivity contribution in [3.63, 3.8) is 0 Å². The second-order valence-electron chi connectivity index (χ2n) is 9.90. The van der Waals surface area contributed by atoms with Gasteiger partial charge in [0.05, 0.1) is 0 Å². The molecule has 0 aliphatic carbocycles. The summed E-state index contributed by atoms with van der Waals surface area (Å²) in [4.78, 5) is 0. The number of benzene rings is 3. The molecule has 0 N–H and O–H groups in total. The summed E-state index contributed by atoms with van der Waals surface area (Å²) in [6, 6.07) is 16.9. The van der Waals surface area contributed by atoms with Gasteiger partial charge in [0.15, 0.2) is 11.6 Å². The minimum atomic E-state index is -0.775. The molecule has 0 saturated heterocycles. The van der Waals surface area contributed by atoms with E-state index in [4.69, 9.17) is 23.2 Å². The number of rotatable bonds is 6. The summed E-state index contributed by atoms with van der Waals surface area (Å²) in [5.41, 5.74) is 2.96. The van der Waals surface area contributed by atoms with Gasteiger partial charge < -0.3 is 0 Å². The SMILES string of the molecule is CC(C)Cc1ccc(Cl)cc1.CC(C)Cc1ccc(Cl)cc1F.CC(C)Cc1ccc(F)c(F)c1. The van der Waals surface area contributed by atoms with Crippen LogP contribution in [0.3, 0.4) is 0 Å². The van der Waals surface area contributed by atoms with Crippen molar-refractivity contribution in [3.8, 4) is 0 Å². The smallest absolute Gasteiger partial charge is 0.159 e. The normalized spacial score (nSPS) is 10.7. The van der Waals surface area contributed by atoms with E-state index in [1.54, 1.807) is 18.2 Å². The fraction of sp³-hybridized carbons (Fsp3) is 0.400. The molecule has 0 aromatic heterocycles. The Morgan fingerprint density at radius 1 is 0.514 bits per heavy atom. The molecular formula is C30H37Cl2F3. The molecule has 3 aromatic carbocycles. The van der Waals surface area contributed by atoms with Crippen LogP contribution in [0.2, 0.25) is 10.0 Å². The van der Waals surface area contributed by atoms with E-state index in [9.17, 15) is 13.2 Å². The van der Waals surface area contributed by atoms with E-state index >= 15 is 0 Å². The Kier molecular flexibility index (Phi) is 14.1. The first kappa shape index (κ1) is 31.1. The molecule has 0 amide bonds. The summed E-state index contributed by atoms with van der Waals surface area (Å²) in [6.45, 7) is 12.6. The minimum absolute atomic E-state index is 0.198. The first-order chi connectivity index (χ1) is 16.4. The van der Waals surface area contributed by atoms with Crippen molar-refractivity contribution >= 4 is 23.2 Å². The van der Waals surface area contributed by atoms with Gasteiger partial charge in [-0.2, -0.15) is 0 Å². The number of halogens is 5. The molecule has 0 aliphatic rings. The van der Waals surface area contributed by atoms with E-state index in [2.05, 4.69) is 39.8 Å². The average molecular weight is 526 g/mol. The summed E-state index contributed by atoms with van der Waals surface area (Å²) >= 11 is 11.4. The lowest BCUT2D eigenvalue weighted by molar-refractivity contribution is 0.505. The number of hydrogen-bond acceptors (Lipinski definition) is 0. The summed E-state index contributed by atoms with van der Waals surface area (Å²) in [6.07, 6.45) is 2.69.